The number of carbonyl (C=O) groups is 2. The summed E-state index contributed by atoms with van der Waals surface area (Å²) in [5.41, 5.74) is 1.72. The molecule has 0 spiro atoms. The maximum absolute atomic E-state index is 13.6. The van der Waals surface area contributed by atoms with Crippen LogP contribution in [0.5, 0.6) is 0 Å². The minimum Gasteiger partial charge on any atom is -0.375 e. The zero-order chi connectivity index (χ0) is 23.9. The summed E-state index contributed by atoms with van der Waals surface area (Å²) in [5.74, 6) is -0.746. The van der Waals surface area contributed by atoms with Crippen LogP contribution in [0.2, 0.25) is 0 Å². The van der Waals surface area contributed by atoms with Crippen LogP contribution in [0.15, 0.2) is 89.4 Å². The van der Waals surface area contributed by atoms with E-state index in [1.54, 1.807) is 23.1 Å². The van der Waals surface area contributed by atoms with Crippen molar-refractivity contribution in [2.24, 2.45) is 0 Å². The summed E-state index contributed by atoms with van der Waals surface area (Å²) >= 11 is 3.45. The van der Waals surface area contributed by atoms with Gasteiger partial charge in [0, 0.05) is 15.6 Å². The van der Waals surface area contributed by atoms with Gasteiger partial charge in [0.1, 0.15) is 0 Å². The van der Waals surface area contributed by atoms with Crippen LogP contribution in [0.3, 0.4) is 0 Å². The Hall–Kier alpha value is -3.28. The highest BCUT2D eigenvalue weighted by atomic mass is 79.9. The van der Waals surface area contributed by atoms with E-state index in [1.165, 1.54) is 0 Å². The predicted molar refractivity (Wildman–Crippen MR) is 138 cm³/mol. The molecule has 0 bridgehead atoms. The molecule has 0 aromatic heterocycles. The minimum atomic E-state index is -1.92. The van der Waals surface area contributed by atoms with E-state index in [2.05, 4.69) is 28.9 Å². The Bertz CT molecular complexity index is 1410. The third-order valence-electron chi connectivity index (χ3n) is 6.55. The molecule has 34 heavy (non-hydrogen) atoms. The van der Waals surface area contributed by atoms with Crippen LogP contribution in [0.1, 0.15) is 40.4 Å². The van der Waals surface area contributed by atoms with Gasteiger partial charge in [-0.25, -0.2) is 0 Å². The number of nitrogens with zero attached hydrogens (tertiary/aromatic N) is 1. The van der Waals surface area contributed by atoms with Gasteiger partial charge >= 0.3 is 0 Å². The van der Waals surface area contributed by atoms with E-state index in [0.717, 1.165) is 32.8 Å². The van der Waals surface area contributed by atoms with E-state index in [0.29, 0.717) is 23.4 Å². The number of Topliss-reactive ketones (excluding diaryl/α,β-unsaturated/α-hetero) is 1. The van der Waals surface area contributed by atoms with E-state index in [1.807, 2.05) is 60.7 Å². The van der Waals surface area contributed by atoms with Gasteiger partial charge in [0.15, 0.2) is 11.4 Å². The molecule has 1 amide bonds. The number of fused-ring (bicyclic) bond motifs is 2. The Balaban J connectivity index is 1.49. The second-order valence-electron chi connectivity index (χ2n) is 8.74. The molecule has 1 aliphatic heterocycles. The highest BCUT2D eigenvalue weighted by Crippen LogP contribution is 2.45. The molecular formula is C29H24BrNO3. The number of anilines is 1. The third kappa shape index (κ3) is 3.95. The summed E-state index contributed by atoms with van der Waals surface area (Å²) in [5, 5.41) is 13.9. The summed E-state index contributed by atoms with van der Waals surface area (Å²) in [4.78, 5) is 28.3. The van der Waals surface area contributed by atoms with Gasteiger partial charge in [-0.1, -0.05) is 83.5 Å². The lowest BCUT2D eigenvalue weighted by Crippen LogP contribution is -2.41. The molecule has 0 saturated heterocycles. The van der Waals surface area contributed by atoms with Crippen LogP contribution in [0, 0.1) is 0 Å². The third-order valence-corrected chi connectivity index (χ3v) is 7.04. The van der Waals surface area contributed by atoms with Crippen molar-refractivity contribution >= 4 is 44.1 Å². The Kier molecular flexibility index (Phi) is 5.84. The normalized spacial score (nSPS) is 17.3. The number of ketones is 1. The molecule has 4 aromatic carbocycles. The standard InChI is InChI=1S/C29H24BrNO3/c1-2-19-7-11-22(12-8-19)27(32)17-29(34)25-16-24(30)13-14-26(25)31(28(29)33)18-20-9-10-21-5-3-4-6-23(21)15-20/h3-16,34H,2,17-18H2,1H3. The van der Waals surface area contributed by atoms with Crippen LogP contribution in [-0.2, 0) is 23.4 Å². The Morgan fingerprint density at radius 1 is 0.912 bits per heavy atom. The van der Waals surface area contributed by atoms with Crippen molar-refractivity contribution in [2.45, 2.75) is 31.9 Å². The fourth-order valence-electron chi connectivity index (χ4n) is 4.63. The molecule has 1 atom stereocenters. The Morgan fingerprint density at radius 2 is 1.62 bits per heavy atom. The quantitative estimate of drug-likeness (QED) is 0.313. The molecule has 0 radical (unpaired) electrons. The average Bonchev–Trinajstić information content (AvgIpc) is 3.05. The number of carbonyl (C=O) groups excluding carboxylic acids is 2. The smallest absolute Gasteiger partial charge is 0.264 e. The van der Waals surface area contributed by atoms with E-state index in [-0.39, 0.29) is 12.2 Å². The van der Waals surface area contributed by atoms with Gasteiger partial charge in [-0.2, -0.15) is 0 Å². The van der Waals surface area contributed by atoms with Crippen molar-refractivity contribution < 1.29 is 14.7 Å². The van der Waals surface area contributed by atoms with Gasteiger partial charge in [-0.15, -0.1) is 0 Å². The summed E-state index contributed by atoms with van der Waals surface area (Å²) in [7, 11) is 0. The number of hydrogen-bond donors (Lipinski definition) is 1. The largest absolute Gasteiger partial charge is 0.375 e. The molecule has 1 aliphatic rings. The molecule has 1 unspecified atom stereocenters. The highest BCUT2D eigenvalue weighted by molar-refractivity contribution is 9.10. The van der Waals surface area contributed by atoms with E-state index < -0.39 is 11.5 Å². The van der Waals surface area contributed by atoms with Gasteiger partial charge in [0.2, 0.25) is 0 Å². The van der Waals surface area contributed by atoms with Crippen molar-refractivity contribution in [1.29, 1.82) is 0 Å². The molecule has 1 heterocycles. The second kappa shape index (κ2) is 8.82. The van der Waals surface area contributed by atoms with Crippen LogP contribution in [0.25, 0.3) is 10.8 Å². The van der Waals surface area contributed by atoms with Crippen molar-refractivity contribution in [1.82, 2.24) is 0 Å². The van der Waals surface area contributed by atoms with Gasteiger partial charge in [0.05, 0.1) is 18.7 Å². The first-order valence-corrected chi connectivity index (χ1v) is 12.1. The lowest BCUT2D eigenvalue weighted by molar-refractivity contribution is -0.136. The van der Waals surface area contributed by atoms with E-state index >= 15 is 0 Å². The summed E-state index contributed by atoms with van der Waals surface area (Å²) in [6, 6.07) is 26.9. The monoisotopic (exact) mass is 513 g/mol. The fraction of sp³-hybridized carbons (Fsp3) is 0.172. The van der Waals surface area contributed by atoms with Crippen LogP contribution in [0.4, 0.5) is 5.69 Å². The lowest BCUT2D eigenvalue weighted by atomic mass is 9.88. The minimum absolute atomic E-state index is 0.267. The molecule has 1 N–H and O–H groups in total. The summed E-state index contributed by atoms with van der Waals surface area (Å²) in [6.07, 6.45) is 0.566. The number of aliphatic hydroxyl groups is 1. The molecule has 5 rings (SSSR count). The van der Waals surface area contributed by atoms with Gasteiger partial charge in [-0.3, -0.25) is 9.59 Å². The molecule has 0 aliphatic carbocycles. The number of aryl methyl sites for hydroxylation is 1. The molecule has 4 aromatic rings. The molecule has 5 heteroatoms. The predicted octanol–water partition coefficient (Wildman–Crippen LogP) is 6.17. The van der Waals surface area contributed by atoms with Gasteiger partial charge < -0.3 is 10.0 Å². The number of hydrogen-bond acceptors (Lipinski definition) is 3. The molecule has 4 nitrogen and oxygen atoms in total. The number of rotatable bonds is 6. The Labute approximate surface area is 207 Å². The number of halogens is 1. The number of amides is 1. The average molecular weight is 514 g/mol. The molecule has 0 fully saturated rings. The highest BCUT2D eigenvalue weighted by Gasteiger charge is 2.51. The van der Waals surface area contributed by atoms with Crippen LogP contribution >= 0.6 is 15.9 Å². The van der Waals surface area contributed by atoms with Crippen LogP contribution < -0.4 is 4.90 Å². The zero-order valence-corrected chi connectivity index (χ0v) is 20.4. The van der Waals surface area contributed by atoms with E-state index in [9.17, 15) is 14.7 Å². The van der Waals surface area contributed by atoms with Crippen molar-refractivity contribution in [3.8, 4) is 0 Å². The molecule has 170 valence electrons. The number of benzene rings is 4. The Morgan fingerprint density at radius 3 is 2.35 bits per heavy atom. The maximum atomic E-state index is 13.6. The first-order valence-electron chi connectivity index (χ1n) is 11.3. The maximum Gasteiger partial charge on any atom is 0.264 e. The first-order chi connectivity index (χ1) is 16.4. The molecule has 0 saturated carbocycles. The van der Waals surface area contributed by atoms with Crippen molar-refractivity contribution in [3.63, 3.8) is 0 Å². The lowest BCUT2D eigenvalue weighted by Gasteiger charge is -2.23. The topological polar surface area (TPSA) is 57.6 Å². The van der Waals surface area contributed by atoms with Crippen molar-refractivity contribution in [2.75, 3.05) is 4.90 Å². The van der Waals surface area contributed by atoms with Crippen molar-refractivity contribution in [3.05, 3.63) is 112 Å². The summed E-state index contributed by atoms with van der Waals surface area (Å²) in [6.45, 7) is 2.36. The fourth-order valence-corrected chi connectivity index (χ4v) is 4.99. The summed E-state index contributed by atoms with van der Waals surface area (Å²) < 4.78 is 0.741. The SMILES string of the molecule is CCc1ccc(C(=O)CC2(O)C(=O)N(Cc3ccc4ccccc4c3)c3ccc(Br)cc32)cc1. The first kappa shape index (κ1) is 22.5. The van der Waals surface area contributed by atoms with E-state index in [4.69, 9.17) is 0 Å². The zero-order valence-electron chi connectivity index (χ0n) is 18.8. The molecular weight excluding hydrogens is 490 g/mol. The second-order valence-corrected chi connectivity index (χ2v) is 9.66. The van der Waals surface area contributed by atoms with Gasteiger partial charge in [-0.05, 0) is 52.6 Å². The van der Waals surface area contributed by atoms with Gasteiger partial charge in [0.25, 0.3) is 5.91 Å². The van der Waals surface area contributed by atoms with Crippen LogP contribution in [-0.4, -0.2) is 16.8 Å².